The van der Waals surface area contributed by atoms with E-state index in [1.807, 2.05) is 13.8 Å². The van der Waals surface area contributed by atoms with Gasteiger partial charge in [0.05, 0.1) is 5.84 Å². The van der Waals surface area contributed by atoms with Crippen LogP contribution < -0.4 is 5.73 Å². The molecule has 0 aromatic carbocycles. The van der Waals surface area contributed by atoms with Crippen LogP contribution in [0.2, 0.25) is 0 Å². The summed E-state index contributed by atoms with van der Waals surface area (Å²) in [6.45, 7) is 4.03. The summed E-state index contributed by atoms with van der Waals surface area (Å²) in [7, 11) is 0. The molecule has 0 atom stereocenters. The van der Waals surface area contributed by atoms with Gasteiger partial charge in [-0.15, -0.1) is 0 Å². The number of hydrogen-bond donors (Lipinski definition) is 3. The van der Waals surface area contributed by atoms with Crippen LogP contribution in [0.15, 0.2) is 11.5 Å². The van der Waals surface area contributed by atoms with Gasteiger partial charge in [-0.3, -0.25) is 10.5 Å². The third-order valence-electron chi connectivity index (χ3n) is 2.56. The normalized spacial score (nSPS) is 11.6. The number of rotatable bonds is 7. The number of hydrogen-bond acceptors (Lipinski definition) is 4. The largest absolute Gasteiger partial charge is 0.387 e. The fourth-order valence-corrected chi connectivity index (χ4v) is 2.02. The van der Waals surface area contributed by atoms with Gasteiger partial charge in [-0.1, -0.05) is 32.0 Å². The summed E-state index contributed by atoms with van der Waals surface area (Å²) in [6, 6.07) is 0. The lowest BCUT2D eigenvalue weighted by Gasteiger charge is -2.22. The number of nitrogens with zero attached hydrogens (tertiary/aromatic N) is 2. The molecule has 1 rings (SSSR count). The van der Waals surface area contributed by atoms with Crippen LogP contribution in [0.3, 0.4) is 0 Å². The predicted molar refractivity (Wildman–Crippen MR) is 66.7 cm³/mol. The molecule has 0 bridgehead atoms. The first kappa shape index (κ1) is 13.0. The molecule has 0 spiro atoms. The number of amidine groups is 1. The number of aromatic nitrogens is 3. The summed E-state index contributed by atoms with van der Waals surface area (Å²) in [5.74, 6) is 1.29. The number of unbranched alkanes of at least 4 members (excludes halogenated alkanes) is 1. The van der Waals surface area contributed by atoms with E-state index in [1.54, 1.807) is 11.8 Å². The number of thioether (sulfide) groups is 1. The molecule has 0 aliphatic rings. The van der Waals surface area contributed by atoms with Gasteiger partial charge in [0.2, 0.25) is 0 Å². The number of nitrogens with two attached hydrogens (primary N) is 1. The molecule has 0 fully saturated rings. The minimum Gasteiger partial charge on any atom is -0.387 e. The summed E-state index contributed by atoms with van der Waals surface area (Å²) in [4.78, 5) is 4.03. The second kappa shape index (κ2) is 5.89. The minimum absolute atomic E-state index is 0.170. The van der Waals surface area contributed by atoms with E-state index in [2.05, 4.69) is 15.2 Å². The number of nitrogens with one attached hydrogen (secondary N) is 2. The molecule has 16 heavy (non-hydrogen) atoms. The standard InChI is InChI=1S/C10H19N5S/c1-10(2,8(11)12)5-3-4-6-16-9-13-7-14-15-9/h7H,3-6H2,1-2H3,(H3,11,12)(H,13,14,15). The van der Waals surface area contributed by atoms with E-state index in [0.717, 1.165) is 30.2 Å². The maximum absolute atomic E-state index is 7.44. The van der Waals surface area contributed by atoms with Crippen molar-refractivity contribution in [1.29, 1.82) is 5.41 Å². The predicted octanol–water partition coefficient (Wildman–Crippen LogP) is 2.03. The molecule has 4 N–H and O–H groups in total. The molecule has 0 aliphatic carbocycles. The average Bonchev–Trinajstić information content (AvgIpc) is 2.69. The van der Waals surface area contributed by atoms with Crippen LogP contribution in [0.4, 0.5) is 0 Å². The number of H-pyrrole nitrogens is 1. The Morgan fingerprint density at radius 3 is 2.88 bits per heavy atom. The Hall–Kier alpha value is -1.04. The van der Waals surface area contributed by atoms with E-state index in [-0.39, 0.29) is 11.3 Å². The highest BCUT2D eigenvalue weighted by atomic mass is 32.2. The van der Waals surface area contributed by atoms with Gasteiger partial charge in [-0.05, 0) is 12.8 Å². The first-order chi connectivity index (χ1) is 7.52. The van der Waals surface area contributed by atoms with Crippen LogP contribution in [-0.2, 0) is 0 Å². The maximum Gasteiger partial charge on any atom is 0.183 e. The molecule has 0 saturated carbocycles. The quantitative estimate of drug-likeness (QED) is 0.295. The average molecular weight is 241 g/mol. The zero-order chi connectivity index (χ0) is 12.0. The first-order valence-electron chi connectivity index (χ1n) is 5.35. The van der Waals surface area contributed by atoms with Gasteiger partial charge in [-0.2, -0.15) is 5.10 Å². The Morgan fingerprint density at radius 2 is 2.31 bits per heavy atom. The maximum atomic E-state index is 7.44. The molecule has 90 valence electrons. The first-order valence-corrected chi connectivity index (χ1v) is 6.33. The van der Waals surface area contributed by atoms with E-state index < -0.39 is 0 Å². The van der Waals surface area contributed by atoms with E-state index >= 15 is 0 Å². The Kier molecular flexibility index (Phi) is 4.79. The highest BCUT2D eigenvalue weighted by Crippen LogP contribution is 2.23. The Balaban J connectivity index is 2.10. The van der Waals surface area contributed by atoms with Crippen molar-refractivity contribution in [2.45, 2.75) is 38.3 Å². The Bertz CT molecular complexity index is 320. The molecule has 0 unspecified atom stereocenters. The van der Waals surface area contributed by atoms with Gasteiger partial charge in [0, 0.05) is 11.2 Å². The van der Waals surface area contributed by atoms with Gasteiger partial charge in [-0.25, -0.2) is 4.98 Å². The van der Waals surface area contributed by atoms with Crippen LogP contribution in [0.5, 0.6) is 0 Å². The van der Waals surface area contributed by atoms with Gasteiger partial charge in [0.15, 0.2) is 5.16 Å². The minimum atomic E-state index is -0.170. The van der Waals surface area contributed by atoms with Crippen LogP contribution in [0, 0.1) is 10.8 Å². The SMILES string of the molecule is CC(C)(CCCCSc1ncn[nH]1)C(=N)N. The molecular weight excluding hydrogens is 222 g/mol. The third-order valence-corrected chi connectivity index (χ3v) is 3.52. The van der Waals surface area contributed by atoms with Crippen LogP contribution >= 0.6 is 11.8 Å². The van der Waals surface area contributed by atoms with E-state index in [4.69, 9.17) is 11.1 Å². The highest BCUT2D eigenvalue weighted by Gasteiger charge is 2.20. The van der Waals surface area contributed by atoms with Gasteiger partial charge in [0.1, 0.15) is 6.33 Å². The summed E-state index contributed by atoms with van der Waals surface area (Å²) in [6.07, 6.45) is 4.65. The van der Waals surface area contributed by atoms with Crippen LogP contribution in [0.25, 0.3) is 0 Å². The lowest BCUT2D eigenvalue weighted by atomic mass is 9.86. The van der Waals surface area contributed by atoms with Crippen molar-refractivity contribution in [1.82, 2.24) is 15.2 Å². The van der Waals surface area contributed by atoms with Crippen LogP contribution in [-0.4, -0.2) is 26.8 Å². The summed E-state index contributed by atoms with van der Waals surface area (Å²) < 4.78 is 0. The fraction of sp³-hybridized carbons (Fsp3) is 0.700. The summed E-state index contributed by atoms with van der Waals surface area (Å²) in [5, 5.41) is 14.9. The smallest absolute Gasteiger partial charge is 0.183 e. The summed E-state index contributed by atoms with van der Waals surface area (Å²) in [5.41, 5.74) is 5.35. The van der Waals surface area contributed by atoms with E-state index in [1.165, 1.54) is 6.33 Å². The molecule has 6 heteroatoms. The van der Waals surface area contributed by atoms with Crippen molar-refractivity contribution in [2.24, 2.45) is 11.1 Å². The zero-order valence-corrected chi connectivity index (χ0v) is 10.6. The van der Waals surface area contributed by atoms with Crippen molar-refractivity contribution >= 4 is 17.6 Å². The van der Waals surface area contributed by atoms with Gasteiger partial charge in [0.25, 0.3) is 0 Å². The van der Waals surface area contributed by atoms with Crippen molar-refractivity contribution in [3.8, 4) is 0 Å². The second-order valence-corrected chi connectivity index (χ2v) is 5.48. The lowest BCUT2D eigenvalue weighted by Crippen LogP contribution is -2.30. The Labute approximate surface area is 100 Å². The molecule has 0 aliphatic heterocycles. The monoisotopic (exact) mass is 241 g/mol. The third kappa shape index (κ3) is 4.22. The molecular formula is C10H19N5S. The molecule has 1 aromatic heterocycles. The van der Waals surface area contributed by atoms with Crippen LogP contribution in [0.1, 0.15) is 33.1 Å². The van der Waals surface area contributed by atoms with Crippen molar-refractivity contribution < 1.29 is 0 Å². The topological polar surface area (TPSA) is 91.4 Å². The molecule has 1 aromatic rings. The van der Waals surface area contributed by atoms with Crippen molar-refractivity contribution in [3.05, 3.63) is 6.33 Å². The molecule has 0 amide bonds. The second-order valence-electron chi connectivity index (χ2n) is 4.39. The van der Waals surface area contributed by atoms with Gasteiger partial charge < -0.3 is 5.73 Å². The highest BCUT2D eigenvalue weighted by molar-refractivity contribution is 7.99. The molecule has 0 radical (unpaired) electrons. The Morgan fingerprint density at radius 1 is 1.56 bits per heavy atom. The fourth-order valence-electron chi connectivity index (χ4n) is 1.24. The lowest BCUT2D eigenvalue weighted by molar-refractivity contribution is 0.448. The van der Waals surface area contributed by atoms with Gasteiger partial charge >= 0.3 is 0 Å². The van der Waals surface area contributed by atoms with Crippen molar-refractivity contribution in [3.63, 3.8) is 0 Å². The molecule has 5 nitrogen and oxygen atoms in total. The zero-order valence-electron chi connectivity index (χ0n) is 9.79. The van der Waals surface area contributed by atoms with E-state index in [9.17, 15) is 0 Å². The van der Waals surface area contributed by atoms with E-state index in [0.29, 0.717) is 0 Å². The molecule has 1 heterocycles. The van der Waals surface area contributed by atoms with Crippen molar-refractivity contribution in [2.75, 3.05) is 5.75 Å². The summed E-state index contributed by atoms with van der Waals surface area (Å²) >= 11 is 1.67. The molecule has 0 saturated heterocycles. The number of aromatic amines is 1.